The van der Waals surface area contributed by atoms with Gasteiger partial charge < -0.3 is 4.98 Å². The zero-order chi connectivity index (χ0) is 11.8. The standard InChI is InChI=1S/C10H17N3O2S/c1-3-7-5-8(7)13-16(14,15)10-6-11-9(4-2)12-10/h6-8,13H,3-5H2,1-2H3,(H,11,12). The van der Waals surface area contributed by atoms with Crippen LogP contribution in [0.15, 0.2) is 11.2 Å². The van der Waals surface area contributed by atoms with Gasteiger partial charge in [-0.25, -0.2) is 18.1 Å². The monoisotopic (exact) mass is 243 g/mol. The highest BCUT2D eigenvalue weighted by molar-refractivity contribution is 7.89. The third-order valence-corrected chi connectivity index (χ3v) is 4.38. The van der Waals surface area contributed by atoms with Crippen molar-refractivity contribution < 1.29 is 8.42 Å². The Labute approximate surface area is 95.7 Å². The highest BCUT2D eigenvalue weighted by atomic mass is 32.2. The molecular formula is C10H17N3O2S. The molecule has 0 bridgehead atoms. The summed E-state index contributed by atoms with van der Waals surface area (Å²) in [4.78, 5) is 6.80. The maximum atomic E-state index is 11.9. The first kappa shape index (κ1) is 11.6. The van der Waals surface area contributed by atoms with Gasteiger partial charge >= 0.3 is 0 Å². The predicted octanol–water partition coefficient (Wildman–Crippen LogP) is 1.05. The van der Waals surface area contributed by atoms with E-state index >= 15 is 0 Å². The molecule has 16 heavy (non-hydrogen) atoms. The number of hydrogen-bond donors (Lipinski definition) is 2. The molecule has 1 aromatic rings. The van der Waals surface area contributed by atoms with Crippen molar-refractivity contribution in [2.75, 3.05) is 0 Å². The Morgan fingerprint density at radius 2 is 2.31 bits per heavy atom. The summed E-state index contributed by atoms with van der Waals surface area (Å²) in [5, 5.41) is 0.172. The quantitative estimate of drug-likeness (QED) is 0.811. The molecule has 1 heterocycles. The average molecular weight is 243 g/mol. The van der Waals surface area contributed by atoms with E-state index in [1.807, 2.05) is 6.92 Å². The zero-order valence-corrected chi connectivity index (χ0v) is 10.3. The van der Waals surface area contributed by atoms with Crippen molar-refractivity contribution in [1.82, 2.24) is 14.7 Å². The van der Waals surface area contributed by atoms with E-state index in [1.54, 1.807) is 0 Å². The molecule has 1 fully saturated rings. The molecular weight excluding hydrogens is 226 g/mol. The molecule has 0 aromatic carbocycles. The molecule has 2 rings (SSSR count). The van der Waals surface area contributed by atoms with E-state index in [0.717, 1.165) is 12.8 Å². The van der Waals surface area contributed by atoms with E-state index in [9.17, 15) is 8.42 Å². The minimum atomic E-state index is -3.40. The number of nitrogens with zero attached hydrogens (tertiary/aromatic N) is 1. The van der Waals surface area contributed by atoms with Crippen molar-refractivity contribution in [2.45, 2.75) is 44.2 Å². The SMILES string of the molecule is CCc1ncc(S(=O)(=O)NC2CC2CC)[nH]1. The fraction of sp³-hybridized carbons (Fsp3) is 0.700. The molecule has 2 atom stereocenters. The molecule has 1 aliphatic rings. The molecule has 2 unspecified atom stereocenters. The maximum absolute atomic E-state index is 11.9. The topological polar surface area (TPSA) is 74.8 Å². The number of sulfonamides is 1. The Hall–Kier alpha value is -0.880. The van der Waals surface area contributed by atoms with Gasteiger partial charge in [0.05, 0.1) is 6.20 Å². The van der Waals surface area contributed by atoms with E-state index in [4.69, 9.17) is 0 Å². The van der Waals surface area contributed by atoms with E-state index in [0.29, 0.717) is 18.2 Å². The van der Waals surface area contributed by atoms with Gasteiger partial charge in [0, 0.05) is 12.5 Å². The number of hydrogen-bond acceptors (Lipinski definition) is 3. The Bertz CT molecular complexity index is 466. The molecule has 0 aliphatic heterocycles. The summed E-state index contributed by atoms with van der Waals surface area (Å²) in [6, 6.07) is 0.114. The fourth-order valence-electron chi connectivity index (χ4n) is 1.77. The van der Waals surface area contributed by atoms with Crippen molar-refractivity contribution in [1.29, 1.82) is 0 Å². The maximum Gasteiger partial charge on any atom is 0.257 e. The lowest BCUT2D eigenvalue weighted by Crippen LogP contribution is -2.27. The number of aryl methyl sites for hydroxylation is 1. The van der Waals surface area contributed by atoms with Gasteiger partial charge in [-0.15, -0.1) is 0 Å². The van der Waals surface area contributed by atoms with Crippen LogP contribution in [0.1, 0.15) is 32.5 Å². The minimum absolute atomic E-state index is 0.114. The third-order valence-electron chi connectivity index (χ3n) is 2.98. The van der Waals surface area contributed by atoms with Crippen LogP contribution in [0.2, 0.25) is 0 Å². The minimum Gasteiger partial charge on any atom is -0.332 e. The molecule has 0 saturated heterocycles. The average Bonchev–Trinajstić information content (AvgIpc) is 2.81. The lowest BCUT2D eigenvalue weighted by molar-refractivity contribution is 0.572. The Morgan fingerprint density at radius 1 is 1.56 bits per heavy atom. The molecule has 90 valence electrons. The van der Waals surface area contributed by atoms with E-state index in [-0.39, 0.29) is 11.1 Å². The van der Waals surface area contributed by atoms with Crippen LogP contribution in [-0.4, -0.2) is 24.4 Å². The summed E-state index contributed by atoms with van der Waals surface area (Å²) < 4.78 is 26.5. The largest absolute Gasteiger partial charge is 0.332 e. The van der Waals surface area contributed by atoms with Crippen LogP contribution >= 0.6 is 0 Å². The summed E-state index contributed by atoms with van der Waals surface area (Å²) in [5.74, 6) is 1.20. The van der Waals surface area contributed by atoms with Crippen molar-refractivity contribution in [3.05, 3.63) is 12.0 Å². The number of imidazole rings is 1. The van der Waals surface area contributed by atoms with Crippen LogP contribution in [0.3, 0.4) is 0 Å². The highest BCUT2D eigenvalue weighted by Crippen LogP contribution is 2.34. The Kier molecular flexibility index (Phi) is 3.03. The van der Waals surface area contributed by atoms with E-state index < -0.39 is 10.0 Å². The van der Waals surface area contributed by atoms with Gasteiger partial charge in [0.2, 0.25) is 0 Å². The predicted molar refractivity (Wildman–Crippen MR) is 60.5 cm³/mol. The van der Waals surface area contributed by atoms with Crippen LogP contribution in [-0.2, 0) is 16.4 Å². The number of H-pyrrole nitrogens is 1. The first-order chi connectivity index (χ1) is 7.56. The molecule has 2 N–H and O–H groups in total. The van der Waals surface area contributed by atoms with Gasteiger partial charge in [-0.05, 0) is 12.3 Å². The molecule has 1 saturated carbocycles. The molecule has 6 heteroatoms. The van der Waals surface area contributed by atoms with Gasteiger partial charge in [-0.1, -0.05) is 20.3 Å². The van der Waals surface area contributed by atoms with Gasteiger partial charge in [-0.3, -0.25) is 0 Å². The van der Waals surface area contributed by atoms with Gasteiger partial charge in [0.15, 0.2) is 5.03 Å². The lowest BCUT2D eigenvalue weighted by atomic mass is 10.3. The summed E-state index contributed by atoms with van der Waals surface area (Å²) in [6.45, 7) is 4.00. The molecule has 5 nitrogen and oxygen atoms in total. The van der Waals surface area contributed by atoms with Crippen molar-refractivity contribution in [2.24, 2.45) is 5.92 Å². The van der Waals surface area contributed by atoms with Gasteiger partial charge in [-0.2, -0.15) is 0 Å². The van der Waals surface area contributed by atoms with Crippen LogP contribution < -0.4 is 4.72 Å². The first-order valence-corrected chi connectivity index (χ1v) is 7.11. The summed E-state index contributed by atoms with van der Waals surface area (Å²) >= 11 is 0. The van der Waals surface area contributed by atoms with E-state index in [2.05, 4.69) is 21.6 Å². The smallest absolute Gasteiger partial charge is 0.257 e. The van der Waals surface area contributed by atoms with Gasteiger partial charge in [0.1, 0.15) is 5.82 Å². The second-order valence-electron chi connectivity index (χ2n) is 4.18. The second kappa shape index (κ2) is 4.18. The van der Waals surface area contributed by atoms with Crippen molar-refractivity contribution >= 4 is 10.0 Å². The summed E-state index contributed by atoms with van der Waals surface area (Å²) in [7, 11) is -3.40. The molecule has 1 aliphatic carbocycles. The first-order valence-electron chi connectivity index (χ1n) is 5.63. The molecule has 1 aromatic heterocycles. The Morgan fingerprint density at radius 3 is 2.81 bits per heavy atom. The fourth-order valence-corrected chi connectivity index (χ4v) is 3.02. The number of aromatic nitrogens is 2. The van der Waals surface area contributed by atoms with Gasteiger partial charge in [0.25, 0.3) is 10.0 Å². The van der Waals surface area contributed by atoms with Crippen LogP contribution in [0.25, 0.3) is 0 Å². The molecule has 0 amide bonds. The number of aromatic amines is 1. The third kappa shape index (κ3) is 2.27. The Balaban J connectivity index is 2.07. The van der Waals surface area contributed by atoms with Crippen molar-refractivity contribution in [3.8, 4) is 0 Å². The molecule has 0 radical (unpaired) electrons. The number of nitrogens with one attached hydrogen (secondary N) is 2. The van der Waals surface area contributed by atoms with Crippen molar-refractivity contribution in [3.63, 3.8) is 0 Å². The highest BCUT2D eigenvalue weighted by Gasteiger charge is 2.39. The van der Waals surface area contributed by atoms with Crippen LogP contribution in [0.5, 0.6) is 0 Å². The molecule has 0 spiro atoms. The second-order valence-corrected chi connectivity index (χ2v) is 5.86. The normalized spacial score (nSPS) is 24.6. The van der Waals surface area contributed by atoms with E-state index in [1.165, 1.54) is 6.20 Å². The summed E-state index contributed by atoms with van der Waals surface area (Å²) in [5.41, 5.74) is 0. The summed E-state index contributed by atoms with van der Waals surface area (Å²) in [6.07, 6.45) is 4.06. The van der Waals surface area contributed by atoms with Crippen LogP contribution in [0, 0.1) is 5.92 Å². The lowest BCUT2D eigenvalue weighted by Gasteiger charge is -2.02. The van der Waals surface area contributed by atoms with Crippen LogP contribution in [0.4, 0.5) is 0 Å². The zero-order valence-electron chi connectivity index (χ0n) is 9.53. The number of rotatable bonds is 5.